The molecule has 188 valence electrons. The summed E-state index contributed by atoms with van der Waals surface area (Å²) >= 11 is 0. The minimum atomic E-state index is -0.411. The Hall–Kier alpha value is -3.18. The topological polar surface area (TPSA) is 51.7 Å². The molecule has 6 rings (SSSR count). The summed E-state index contributed by atoms with van der Waals surface area (Å²) in [6.07, 6.45) is 5.63. The summed E-state index contributed by atoms with van der Waals surface area (Å²) in [7, 11) is 1.66. The van der Waals surface area contributed by atoms with Gasteiger partial charge >= 0.3 is 5.97 Å². The number of esters is 1. The van der Waals surface area contributed by atoms with Crippen molar-refractivity contribution in [2.24, 2.45) is 11.8 Å². The number of piperidine rings is 3. The normalized spacial score (nSPS) is 24.3. The summed E-state index contributed by atoms with van der Waals surface area (Å²) < 4.78 is 11.9. The van der Waals surface area contributed by atoms with E-state index in [1.165, 1.54) is 5.56 Å². The highest BCUT2D eigenvalue weighted by atomic mass is 16.5. The third-order valence-electron chi connectivity index (χ3n) is 8.01. The maximum absolute atomic E-state index is 13.5. The van der Waals surface area contributed by atoms with Crippen LogP contribution in [0, 0.1) is 11.8 Å². The number of rotatable bonds is 6. The Morgan fingerprint density at radius 2 is 1.94 bits per heavy atom. The van der Waals surface area contributed by atoms with Gasteiger partial charge in [0.25, 0.3) is 0 Å². The molecule has 2 bridgehead atoms. The number of hydrogen-bond acceptors (Lipinski definition) is 5. The maximum Gasteiger partial charge on any atom is 0.338 e. The average Bonchev–Trinajstić information content (AvgIpc) is 2.90. The van der Waals surface area contributed by atoms with E-state index >= 15 is 0 Å². The van der Waals surface area contributed by atoms with Gasteiger partial charge in [0.05, 0.1) is 24.2 Å². The van der Waals surface area contributed by atoms with Crippen LogP contribution in [0.15, 0.2) is 67.4 Å². The van der Waals surface area contributed by atoms with Crippen molar-refractivity contribution in [3.05, 3.63) is 84.1 Å². The first-order valence-electron chi connectivity index (χ1n) is 12.9. The number of benzene rings is 2. The van der Waals surface area contributed by atoms with E-state index < -0.39 is 6.10 Å². The van der Waals surface area contributed by atoms with Gasteiger partial charge in [0, 0.05) is 23.7 Å². The average molecular weight is 485 g/mol. The van der Waals surface area contributed by atoms with Crippen molar-refractivity contribution in [2.45, 2.75) is 51.2 Å². The molecule has 3 saturated heterocycles. The molecule has 4 heterocycles. The third-order valence-corrected chi connectivity index (χ3v) is 8.01. The van der Waals surface area contributed by atoms with Crippen molar-refractivity contribution < 1.29 is 14.3 Å². The first kappa shape index (κ1) is 24.5. The van der Waals surface area contributed by atoms with Gasteiger partial charge in [-0.2, -0.15) is 0 Å². The summed E-state index contributed by atoms with van der Waals surface area (Å²) in [6.45, 7) is 12.5. The zero-order valence-electron chi connectivity index (χ0n) is 21.7. The second-order valence-electron chi connectivity index (χ2n) is 11.2. The highest BCUT2D eigenvalue weighted by Gasteiger charge is 2.44. The Balaban J connectivity index is 1.53. The predicted octanol–water partition coefficient (Wildman–Crippen LogP) is 6.34. The number of carbonyl (C=O) groups excluding carboxylic acids is 1. The summed E-state index contributed by atoms with van der Waals surface area (Å²) in [6, 6.07) is 15.8. The Labute approximate surface area is 214 Å². The SMILES string of the molecule is C=C[C@H]1CN2CC[C@@H]1C[C@@H]2[C@@H](OC(=O)c1ccc(C(C)(C)C)cc1)c1ccnc2ccc(OC)cc12. The zero-order chi connectivity index (χ0) is 25.4. The molecule has 1 aromatic heterocycles. The number of pyridine rings is 1. The Bertz CT molecular complexity index is 1260. The molecule has 3 aliphatic rings. The van der Waals surface area contributed by atoms with Crippen molar-refractivity contribution in [1.82, 2.24) is 9.88 Å². The van der Waals surface area contributed by atoms with Crippen LogP contribution in [0.2, 0.25) is 0 Å². The van der Waals surface area contributed by atoms with Crippen LogP contribution in [0.5, 0.6) is 5.75 Å². The predicted molar refractivity (Wildman–Crippen MR) is 143 cm³/mol. The zero-order valence-corrected chi connectivity index (χ0v) is 21.7. The number of nitrogens with zero attached hydrogens (tertiary/aromatic N) is 2. The van der Waals surface area contributed by atoms with Crippen molar-refractivity contribution in [3.63, 3.8) is 0 Å². The summed E-state index contributed by atoms with van der Waals surface area (Å²) in [5.74, 6) is 1.52. The molecule has 0 aliphatic carbocycles. The van der Waals surface area contributed by atoms with Gasteiger partial charge in [0.15, 0.2) is 0 Å². The number of hydrogen-bond donors (Lipinski definition) is 0. The number of methoxy groups -OCH3 is 1. The van der Waals surface area contributed by atoms with E-state index in [0.29, 0.717) is 17.4 Å². The number of ether oxygens (including phenoxy) is 2. The van der Waals surface area contributed by atoms with Crippen LogP contribution in [0.25, 0.3) is 10.9 Å². The molecule has 0 amide bonds. The van der Waals surface area contributed by atoms with E-state index in [4.69, 9.17) is 9.47 Å². The van der Waals surface area contributed by atoms with Gasteiger partial charge in [0.1, 0.15) is 11.9 Å². The second kappa shape index (κ2) is 9.70. The van der Waals surface area contributed by atoms with Crippen molar-refractivity contribution in [3.8, 4) is 5.75 Å². The van der Waals surface area contributed by atoms with E-state index in [-0.39, 0.29) is 17.4 Å². The first-order chi connectivity index (χ1) is 17.3. The first-order valence-corrected chi connectivity index (χ1v) is 12.9. The highest BCUT2D eigenvalue weighted by molar-refractivity contribution is 5.90. The van der Waals surface area contributed by atoms with Crippen molar-refractivity contribution in [2.75, 3.05) is 20.2 Å². The molecule has 2 aromatic carbocycles. The van der Waals surface area contributed by atoms with E-state index in [0.717, 1.165) is 48.1 Å². The molecule has 0 N–H and O–H groups in total. The van der Waals surface area contributed by atoms with Crippen LogP contribution < -0.4 is 4.74 Å². The molecule has 5 atom stereocenters. The van der Waals surface area contributed by atoms with E-state index in [1.807, 2.05) is 54.7 Å². The molecule has 1 unspecified atom stereocenters. The molecule has 36 heavy (non-hydrogen) atoms. The Kier molecular flexibility index (Phi) is 6.60. The molecule has 5 nitrogen and oxygen atoms in total. The van der Waals surface area contributed by atoms with Gasteiger partial charge in [-0.05, 0) is 78.6 Å². The standard InChI is InChI=1S/C31H36N2O3/c1-6-20-19-33-16-14-22(20)17-28(33)29(25-13-15-32-27-12-11-24(35-5)18-26(25)27)36-30(34)21-7-9-23(10-8-21)31(2,3)4/h6-13,15,18,20,22,28-29H,1,14,16-17,19H2,2-5H3/t20-,22+,28+,29-/m0/s1. The lowest BCUT2D eigenvalue weighted by Crippen LogP contribution is -2.55. The lowest BCUT2D eigenvalue weighted by molar-refractivity contribution is -0.0568. The van der Waals surface area contributed by atoms with E-state index in [2.05, 4.69) is 43.3 Å². The van der Waals surface area contributed by atoms with Gasteiger partial charge in [-0.25, -0.2) is 4.79 Å². The van der Waals surface area contributed by atoms with Gasteiger partial charge in [-0.15, -0.1) is 6.58 Å². The molecule has 3 aliphatic heterocycles. The van der Waals surface area contributed by atoms with Crippen LogP contribution in [0.3, 0.4) is 0 Å². The smallest absolute Gasteiger partial charge is 0.338 e. The van der Waals surface area contributed by atoms with Crippen LogP contribution in [0.4, 0.5) is 0 Å². The summed E-state index contributed by atoms with van der Waals surface area (Å²) in [5.41, 5.74) is 3.63. The van der Waals surface area contributed by atoms with Gasteiger partial charge in [-0.1, -0.05) is 39.0 Å². The fourth-order valence-corrected chi connectivity index (χ4v) is 5.85. The fraction of sp³-hybridized carbons (Fsp3) is 0.419. The Morgan fingerprint density at radius 1 is 1.17 bits per heavy atom. The number of carbonyl (C=O) groups is 1. The Morgan fingerprint density at radius 3 is 2.58 bits per heavy atom. The quantitative estimate of drug-likeness (QED) is 0.302. The maximum atomic E-state index is 13.5. The fourth-order valence-electron chi connectivity index (χ4n) is 5.85. The molecule has 0 saturated carbocycles. The molecule has 0 radical (unpaired) electrons. The number of fused-ring (bicyclic) bond motifs is 4. The molecule has 0 spiro atoms. The van der Waals surface area contributed by atoms with Gasteiger partial charge in [-0.3, -0.25) is 9.88 Å². The number of aromatic nitrogens is 1. The van der Waals surface area contributed by atoms with Crippen LogP contribution in [-0.4, -0.2) is 42.1 Å². The summed E-state index contributed by atoms with van der Waals surface area (Å²) in [4.78, 5) is 20.6. The van der Waals surface area contributed by atoms with Crippen LogP contribution >= 0.6 is 0 Å². The van der Waals surface area contributed by atoms with Crippen LogP contribution in [-0.2, 0) is 10.2 Å². The van der Waals surface area contributed by atoms with E-state index in [1.54, 1.807) is 7.11 Å². The molecule has 3 aromatic rings. The lowest BCUT2D eigenvalue weighted by atomic mass is 9.73. The van der Waals surface area contributed by atoms with Crippen LogP contribution in [0.1, 0.15) is 61.2 Å². The van der Waals surface area contributed by atoms with E-state index in [9.17, 15) is 4.79 Å². The highest BCUT2D eigenvalue weighted by Crippen LogP contribution is 2.44. The third kappa shape index (κ3) is 4.64. The minimum Gasteiger partial charge on any atom is -0.497 e. The largest absolute Gasteiger partial charge is 0.497 e. The van der Waals surface area contributed by atoms with Crippen molar-refractivity contribution in [1.29, 1.82) is 0 Å². The van der Waals surface area contributed by atoms with Gasteiger partial charge < -0.3 is 9.47 Å². The summed E-state index contributed by atoms with van der Waals surface area (Å²) in [5, 5.41) is 0.959. The monoisotopic (exact) mass is 484 g/mol. The minimum absolute atomic E-state index is 0.0241. The molecular weight excluding hydrogens is 448 g/mol. The van der Waals surface area contributed by atoms with Crippen molar-refractivity contribution >= 4 is 16.9 Å². The second-order valence-corrected chi connectivity index (χ2v) is 11.2. The molecule has 3 fully saturated rings. The molecular formula is C31H36N2O3. The van der Waals surface area contributed by atoms with Gasteiger partial charge in [0.2, 0.25) is 0 Å². The lowest BCUT2D eigenvalue weighted by Gasteiger charge is -2.51. The molecule has 5 heteroatoms.